The molecule has 1 aliphatic rings. The predicted molar refractivity (Wildman–Crippen MR) is 124 cm³/mol. The van der Waals surface area contributed by atoms with Crippen molar-refractivity contribution in [3.8, 4) is 0 Å². The summed E-state index contributed by atoms with van der Waals surface area (Å²) in [5, 5.41) is 9.48. The van der Waals surface area contributed by atoms with E-state index in [0.29, 0.717) is 11.3 Å². The number of hydrogen-bond donors (Lipinski definition) is 2. The minimum Gasteiger partial charge on any atom is -0.325 e. The lowest BCUT2D eigenvalue weighted by Crippen LogP contribution is -2.42. The second kappa shape index (κ2) is 7.50. The summed E-state index contributed by atoms with van der Waals surface area (Å²) < 4.78 is 0. The van der Waals surface area contributed by atoms with E-state index >= 15 is 0 Å². The van der Waals surface area contributed by atoms with Crippen LogP contribution < -0.4 is 10.6 Å². The van der Waals surface area contributed by atoms with E-state index in [9.17, 15) is 14.4 Å². The van der Waals surface area contributed by atoms with Crippen molar-refractivity contribution in [1.29, 1.82) is 0 Å². The van der Waals surface area contributed by atoms with E-state index in [2.05, 4.69) is 10.6 Å². The first kappa shape index (κ1) is 19.8. The highest BCUT2D eigenvalue weighted by Gasteiger charge is 2.50. The molecule has 5 rings (SSSR count). The third kappa shape index (κ3) is 3.26. The number of urea groups is 1. The Kier molecular flexibility index (Phi) is 4.63. The number of nitrogens with zero attached hydrogens (tertiary/aromatic N) is 1. The van der Waals surface area contributed by atoms with Crippen molar-refractivity contribution in [3.05, 3.63) is 90.5 Å². The number of fused-ring (bicyclic) bond motifs is 2. The molecule has 4 amide bonds. The summed E-state index contributed by atoms with van der Waals surface area (Å²) >= 11 is 0. The molecule has 0 saturated carbocycles. The van der Waals surface area contributed by atoms with Crippen molar-refractivity contribution < 1.29 is 14.4 Å². The molecule has 0 spiro atoms. The van der Waals surface area contributed by atoms with Gasteiger partial charge < -0.3 is 10.6 Å². The van der Waals surface area contributed by atoms with Gasteiger partial charge in [-0.15, -0.1) is 0 Å². The van der Waals surface area contributed by atoms with Crippen LogP contribution in [0.3, 0.4) is 0 Å². The van der Waals surface area contributed by atoms with Gasteiger partial charge in [-0.25, -0.2) is 4.79 Å². The van der Waals surface area contributed by atoms with Gasteiger partial charge >= 0.3 is 6.03 Å². The molecule has 1 fully saturated rings. The van der Waals surface area contributed by atoms with Crippen LogP contribution in [-0.2, 0) is 15.1 Å². The van der Waals surface area contributed by atoms with Crippen molar-refractivity contribution in [3.63, 3.8) is 0 Å². The van der Waals surface area contributed by atoms with Gasteiger partial charge in [0.15, 0.2) is 0 Å². The van der Waals surface area contributed by atoms with Gasteiger partial charge in [0, 0.05) is 5.69 Å². The Morgan fingerprint density at radius 3 is 2.38 bits per heavy atom. The lowest BCUT2D eigenvalue weighted by Gasteiger charge is -2.24. The third-order valence-corrected chi connectivity index (χ3v) is 5.94. The van der Waals surface area contributed by atoms with Gasteiger partial charge in [-0.1, -0.05) is 72.8 Å². The Labute approximate surface area is 184 Å². The Bertz CT molecular complexity index is 1390. The first-order valence-electron chi connectivity index (χ1n) is 10.4. The van der Waals surface area contributed by atoms with E-state index in [1.165, 1.54) is 0 Å². The molecule has 0 bridgehead atoms. The van der Waals surface area contributed by atoms with Gasteiger partial charge in [-0.05, 0) is 46.2 Å². The summed E-state index contributed by atoms with van der Waals surface area (Å²) in [7, 11) is 0. The van der Waals surface area contributed by atoms with E-state index in [-0.39, 0.29) is 6.54 Å². The van der Waals surface area contributed by atoms with Crippen LogP contribution in [0.2, 0.25) is 0 Å². The molecule has 6 heteroatoms. The van der Waals surface area contributed by atoms with Crippen LogP contribution in [0.4, 0.5) is 10.5 Å². The fraction of sp³-hybridized carbons (Fsp3) is 0.115. The van der Waals surface area contributed by atoms with Crippen LogP contribution in [0.5, 0.6) is 0 Å². The number of rotatable bonds is 4. The standard InChI is InChI=1S/C26H21N3O3/c1-26(22-12-6-10-18-8-4-5-11-21(18)22)24(31)29(25(32)28-26)16-23(30)27-20-14-13-17-7-2-3-9-19(17)15-20/h2-15H,16H2,1H3,(H,27,30)(H,28,32)/t26-/m1/s1. The Hall–Kier alpha value is -4.19. The fourth-order valence-electron chi connectivity index (χ4n) is 4.30. The number of anilines is 1. The summed E-state index contributed by atoms with van der Waals surface area (Å²) in [5.74, 6) is -0.890. The van der Waals surface area contributed by atoms with E-state index in [0.717, 1.165) is 26.4 Å². The molecule has 158 valence electrons. The highest BCUT2D eigenvalue weighted by atomic mass is 16.2. The minimum atomic E-state index is -1.25. The van der Waals surface area contributed by atoms with Gasteiger partial charge in [0.25, 0.3) is 5.91 Å². The summed E-state index contributed by atoms with van der Waals surface area (Å²) in [6.45, 7) is 1.31. The van der Waals surface area contributed by atoms with Crippen LogP contribution in [0, 0.1) is 0 Å². The van der Waals surface area contributed by atoms with Crippen LogP contribution in [0.1, 0.15) is 12.5 Å². The molecule has 1 heterocycles. The molecule has 6 nitrogen and oxygen atoms in total. The second-order valence-corrected chi connectivity index (χ2v) is 8.08. The van der Waals surface area contributed by atoms with Gasteiger partial charge in [0.1, 0.15) is 12.1 Å². The molecule has 1 aliphatic heterocycles. The van der Waals surface area contributed by atoms with Crippen LogP contribution in [-0.4, -0.2) is 29.3 Å². The first-order valence-corrected chi connectivity index (χ1v) is 10.4. The van der Waals surface area contributed by atoms with Crippen molar-refractivity contribution in [1.82, 2.24) is 10.2 Å². The summed E-state index contributed by atoms with van der Waals surface area (Å²) in [6.07, 6.45) is 0. The number of nitrogens with one attached hydrogen (secondary N) is 2. The van der Waals surface area contributed by atoms with E-state index in [1.807, 2.05) is 78.9 Å². The third-order valence-electron chi connectivity index (χ3n) is 5.94. The Morgan fingerprint density at radius 2 is 1.56 bits per heavy atom. The SMILES string of the molecule is C[C@]1(c2cccc3ccccc23)NC(=O)N(CC(=O)Nc2ccc3ccccc3c2)C1=O. The zero-order chi connectivity index (χ0) is 22.3. The number of imide groups is 1. The van der Waals surface area contributed by atoms with Crippen LogP contribution in [0.15, 0.2) is 84.9 Å². The molecular formula is C26H21N3O3. The van der Waals surface area contributed by atoms with Crippen molar-refractivity contribution in [2.75, 3.05) is 11.9 Å². The van der Waals surface area contributed by atoms with Crippen molar-refractivity contribution in [2.24, 2.45) is 0 Å². The van der Waals surface area contributed by atoms with Gasteiger partial charge in [0.2, 0.25) is 5.91 Å². The molecule has 0 aliphatic carbocycles. The van der Waals surface area contributed by atoms with Crippen molar-refractivity contribution in [2.45, 2.75) is 12.5 Å². The van der Waals surface area contributed by atoms with E-state index in [4.69, 9.17) is 0 Å². The molecule has 1 atom stereocenters. The maximum absolute atomic E-state index is 13.3. The van der Waals surface area contributed by atoms with E-state index < -0.39 is 23.4 Å². The summed E-state index contributed by atoms with van der Waals surface area (Å²) in [6, 6.07) is 26.2. The van der Waals surface area contributed by atoms with Crippen LogP contribution >= 0.6 is 0 Å². The monoisotopic (exact) mass is 423 g/mol. The number of hydrogen-bond acceptors (Lipinski definition) is 3. The van der Waals surface area contributed by atoms with Gasteiger partial charge in [-0.3, -0.25) is 14.5 Å². The normalized spacial score (nSPS) is 18.2. The molecule has 2 N–H and O–H groups in total. The Balaban J connectivity index is 1.38. The number of carbonyl (C=O) groups is 3. The molecule has 32 heavy (non-hydrogen) atoms. The number of carbonyl (C=O) groups excluding carboxylic acids is 3. The molecule has 0 unspecified atom stereocenters. The van der Waals surface area contributed by atoms with Crippen LogP contribution in [0.25, 0.3) is 21.5 Å². The van der Waals surface area contributed by atoms with Crippen molar-refractivity contribution >= 4 is 45.1 Å². The average Bonchev–Trinajstić information content (AvgIpc) is 3.02. The first-order chi connectivity index (χ1) is 15.5. The molecule has 4 aromatic rings. The molecular weight excluding hydrogens is 402 g/mol. The van der Waals surface area contributed by atoms with Gasteiger partial charge in [-0.2, -0.15) is 0 Å². The molecule has 0 radical (unpaired) electrons. The average molecular weight is 423 g/mol. The Morgan fingerprint density at radius 1 is 0.875 bits per heavy atom. The highest BCUT2D eigenvalue weighted by molar-refractivity contribution is 6.11. The smallest absolute Gasteiger partial charge is 0.325 e. The highest BCUT2D eigenvalue weighted by Crippen LogP contribution is 2.33. The lowest BCUT2D eigenvalue weighted by molar-refractivity contribution is -0.133. The maximum Gasteiger partial charge on any atom is 0.325 e. The van der Waals surface area contributed by atoms with Gasteiger partial charge in [0.05, 0.1) is 0 Å². The zero-order valence-corrected chi connectivity index (χ0v) is 17.5. The fourth-order valence-corrected chi connectivity index (χ4v) is 4.30. The predicted octanol–water partition coefficient (Wildman–Crippen LogP) is 4.40. The minimum absolute atomic E-state index is 0.363. The molecule has 4 aromatic carbocycles. The second-order valence-electron chi connectivity index (χ2n) is 8.08. The summed E-state index contributed by atoms with van der Waals surface area (Å²) in [5.41, 5.74) is 0.0604. The maximum atomic E-state index is 13.3. The molecule has 0 aromatic heterocycles. The zero-order valence-electron chi connectivity index (χ0n) is 17.5. The molecule has 1 saturated heterocycles. The topological polar surface area (TPSA) is 78.5 Å². The number of benzene rings is 4. The lowest BCUT2D eigenvalue weighted by atomic mass is 9.88. The quantitative estimate of drug-likeness (QED) is 0.478. The number of amides is 4. The van der Waals surface area contributed by atoms with E-state index in [1.54, 1.807) is 13.0 Å². The summed E-state index contributed by atoms with van der Waals surface area (Å²) in [4.78, 5) is 39.6. The largest absolute Gasteiger partial charge is 0.325 e.